The SMILES string of the molecule is CCNc1ccc(C#N)cc1CN=C1S/C(=C2/CN(C)c3cc(OC(=O)NCCCl)ccc3S2)C(=O)N1Cc1ccccc1. The van der Waals surface area contributed by atoms with E-state index in [-0.39, 0.29) is 5.91 Å². The van der Waals surface area contributed by atoms with E-state index in [0.717, 1.165) is 38.8 Å². The molecule has 1 fully saturated rings. The largest absolute Gasteiger partial charge is 0.412 e. The van der Waals surface area contributed by atoms with E-state index in [1.165, 1.54) is 23.5 Å². The van der Waals surface area contributed by atoms with Crippen molar-refractivity contribution >= 4 is 63.7 Å². The minimum Gasteiger partial charge on any atom is -0.410 e. The summed E-state index contributed by atoms with van der Waals surface area (Å²) in [7, 11) is 1.95. The lowest BCUT2D eigenvalue weighted by atomic mass is 10.1. The molecule has 2 heterocycles. The molecule has 0 unspecified atom stereocenters. The Balaban J connectivity index is 1.44. The normalized spacial score (nSPS) is 17.0. The maximum Gasteiger partial charge on any atom is 0.412 e. The summed E-state index contributed by atoms with van der Waals surface area (Å²) >= 11 is 8.56. The van der Waals surface area contributed by atoms with Gasteiger partial charge in [0.15, 0.2) is 5.17 Å². The Hall–Kier alpha value is -4.11. The fourth-order valence-corrected chi connectivity index (χ4v) is 7.18. The number of amidine groups is 1. The molecule has 0 spiro atoms. The summed E-state index contributed by atoms with van der Waals surface area (Å²) in [5, 5.41) is 16.0. The molecular formula is C32H31ClN6O3S2. The van der Waals surface area contributed by atoms with Crippen LogP contribution in [0.1, 0.15) is 23.6 Å². The maximum atomic E-state index is 14.0. The third-order valence-corrected chi connectivity index (χ3v) is 9.44. The fraction of sp³-hybridized carbons (Fsp3) is 0.250. The van der Waals surface area contributed by atoms with Crippen LogP contribution >= 0.6 is 35.1 Å². The summed E-state index contributed by atoms with van der Waals surface area (Å²) in [6.45, 7) is 4.29. The van der Waals surface area contributed by atoms with E-state index in [0.29, 0.717) is 53.4 Å². The Kier molecular flexibility index (Phi) is 10.4. The number of amides is 2. The lowest BCUT2D eigenvalue weighted by Crippen LogP contribution is -2.30. The highest BCUT2D eigenvalue weighted by molar-refractivity contribution is 8.19. The first-order chi connectivity index (χ1) is 21.4. The number of anilines is 2. The van der Waals surface area contributed by atoms with Crippen LogP contribution in [-0.4, -0.2) is 54.6 Å². The standard InChI is InChI=1S/C32H31ClN6O3S2/c1-3-35-25-11-9-22(17-34)15-23(25)18-37-31-39(19-21-7-5-4-6-8-21)30(40)29(44-31)28-20-38(2)26-16-24(10-12-27(26)43-28)42-32(41)36-14-13-33/h4-12,15-16,35H,3,13-14,18-20H2,1-2H3,(H,36,41)/b29-28-,37-31?. The monoisotopic (exact) mass is 646 g/mol. The number of ether oxygens (including phenoxy) is 1. The van der Waals surface area contributed by atoms with E-state index >= 15 is 0 Å². The van der Waals surface area contributed by atoms with Gasteiger partial charge in [-0.25, -0.2) is 4.79 Å². The van der Waals surface area contributed by atoms with Crippen LogP contribution in [0, 0.1) is 11.3 Å². The Morgan fingerprint density at radius 2 is 1.95 bits per heavy atom. The van der Waals surface area contributed by atoms with Gasteiger partial charge in [-0.2, -0.15) is 5.26 Å². The molecule has 2 N–H and O–H groups in total. The molecule has 2 aliphatic heterocycles. The topological polar surface area (TPSA) is 110 Å². The average Bonchev–Trinajstić information content (AvgIpc) is 3.34. The molecule has 2 amide bonds. The van der Waals surface area contributed by atoms with E-state index in [1.807, 2.05) is 73.5 Å². The number of rotatable bonds is 9. The number of nitrogens with one attached hydrogen (secondary N) is 2. The Morgan fingerprint density at radius 3 is 2.70 bits per heavy atom. The van der Waals surface area contributed by atoms with Crippen molar-refractivity contribution in [3.63, 3.8) is 0 Å². The van der Waals surface area contributed by atoms with E-state index in [4.69, 9.17) is 21.3 Å². The number of halogens is 1. The lowest BCUT2D eigenvalue weighted by molar-refractivity contribution is -0.122. The number of alkyl halides is 1. The molecule has 0 bridgehead atoms. The van der Waals surface area contributed by atoms with Gasteiger partial charge in [-0.3, -0.25) is 14.7 Å². The van der Waals surface area contributed by atoms with Gasteiger partial charge in [0.2, 0.25) is 0 Å². The second-order valence-electron chi connectivity index (χ2n) is 9.94. The third-order valence-electron chi connectivity index (χ3n) is 6.82. The number of benzene rings is 3. The van der Waals surface area contributed by atoms with Gasteiger partial charge in [0.1, 0.15) is 5.75 Å². The van der Waals surface area contributed by atoms with Gasteiger partial charge in [0.05, 0.1) is 41.9 Å². The zero-order chi connectivity index (χ0) is 31.1. The smallest absolute Gasteiger partial charge is 0.410 e. The first-order valence-corrected chi connectivity index (χ1v) is 16.2. The molecule has 0 atom stereocenters. The number of aliphatic imine (C=N–C) groups is 1. The highest BCUT2D eigenvalue weighted by atomic mass is 35.5. The van der Waals surface area contributed by atoms with Gasteiger partial charge in [-0.15, -0.1) is 11.6 Å². The molecule has 2 aliphatic rings. The summed E-state index contributed by atoms with van der Waals surface area (Å²) in [5.41, 5.74) is 4.27. The van der Waals surface area contributed by atoms with Crippen LogP contribution in [0.4, 0.5) is 16.2 Å². The van der Waals surface area contributed by atoms with Crippen molar-refractivity contribution < 1.29 is 14.3 Å². The van der Waals surface area contributed by atoms with E-state index < -0.39 is 6.09 Å². The highest BCUT2D eigenvalue weighted by Gasteiger charge is 2.37. The number of hydrogen-bond acceptors (Lipinski definition) is 9. The van der Waals surface area contributed by atoms with Crippen LogP contribution < -0.4 is 20.3 Å². The molecular weight excluding hydrogens is 616 g/mol. The highest BCUT2D eigenvalue weighted by Crippen LogP contribution is 2.47. The number of nitrogens with zero attached hydrogens (tertiary/aromatic N) is 4. The van der Waals surface area contributed by atoms with E-state index in [9.17, 15) is 14.9 Å². The van der Waals surface area contributed by atoms with Crippen LogP contribution in [0.25, 0.3) is 0 Å². The molecule has 5 rings (SSSR count). The first-order valence-electron chi connectivity index (χ1n) is 14.0. The van der Waals surface area contributed by atoms with Crippen molar-refractivity contribution in [3.8, 4) is 11.8 Å². The van der Waals surface area contributed by atoms with Crippen LogP contribution in [0.3, 0.4) is 0 Å². The molecule has 9 nitrogen and oxygen atoms in total. The number of likely N-dealkylation sites (N-methyl/N-ethyl adjacent to an activating group) is 1. The number of fused-ring (bicyclic) bond motifs is 1. The molecule has 3 aromatic carbocycles. The summed E-state index contributed by atoms with van der Waals surface area (Å²) in [4.78, 5) is 37.2. The van der Waals surface area contributed by atoms with Crippen LogP contribution in [0.5, 0.6) is 5.75 Å². The van der Waals surface area contributed by atoms with Crippen LogP contribution in [-0.2, 0) is 17.9 Å². The van der Waals surface area contributed by atoms with Gasteiger partial charge in [-0.1, -0.05) is 42.1 Å². The molecule has 0 saturated carbocycles. The van der Waals surface area contributed by atoms with Crippen LogP contribution in [0.15, 0.2) is 86.4 Å². The Morgan fingerprint density at radius 1 is 1.14 bits per heavy atom. The second kappa shape index (κ2) is 14.6. The second-order valence-corrected chi connectivity index (χ2v) is 12.4. The molecule has 3 aromatic rings. The van der Waals surface area contributed by atoms with Gasteiger partial charge in [0, 0.05) is 47.6 Å². The average molecular weight is 647 g/mol. The third kappa shape index (κ3) is 7.33. The predicted octanol–water partition coefficient (Wildman–Crippen LogP) is 6.40. The number of thioether (sulfide) groups is 2. The van der Waals surface area contributed by atoms with E-state index in [1.54, 1.807) is 17.0 Å². The Bertz CT molecular complexity index is 1660. The molecule has 0 radical (unpaired) electrons. The minimum atomic E-state index is -0.560. The van der Waals surface area contributed by atoms with E-state index in [2.05, 4.69) is 16.7 Å². The molecule has 12 heteroatoms. The number of nitriles is 1. The number of hydrogen-bond donors (Lipinski definition) is 2. The molecule has 226 valence electrons. The molecule has 0 aromatic heterocycles. The quantitative estimate of drug-likeness (QED) is 0.203. The zero-order valence-corrected chi connectivity index (χ0v) is 26.7. The zero-order valence-electron chi connectivity index (χ0n) is 24.3. The van der Waals surface area contributed by atoms with Gasteiger partial charge >= 0.3 is 6.09 Å². The molecule has 0 aliphatic carbocycles. The molecule has 44 heavy (non-hydrogen) atoms. The van der Waals surface area contributed by atoms with Gasteiger partial charge < -0.3 is 20.3 Å². The summed E-state index contributed by atoms with van der Waals surface area (Å²) in [6.07, 6.45) is -0.560. The van der Waals surface area contributed by atoms with Crippen molar-refractivity contribution in [2.75, 3.05) is 42.8 Å². The Labute approximate surface area is 270 Å². The maximum absolute atomic E-state index is 14.0. The predicted molar refractivity (Wildman–Crippen MR) is 178 cm³/mol. The van der Waals surface area contributed by atoms with Crippen molar-refractivity contribution in [3.05, 3.63) is 93.2 Å². The summed E-state index contributed by atoms with van der Waals surface area (Å²) < 4.78 is 5.40. The van der Waals surface area contributed by atoms with Gasteiger partial charge in [-0.05, 0) is 60.1 Å². The number of carbonyl (C=O) groups is 2. The minimum absolute atomic E-state index is 0.0921. The van der Waals surface area contributed by atoms with Crippen molar-refractivity contribution in [1.29, 1.82) is 5.26 Å². The summed E-state index contributed by atoms with van der Waals surface area (Å²) in [6, 6.07) is 23.0. The van der Waals surface area contributed by atoms with Crippen molar-refractivity contribution in [1.82, 2.24) is 10.2 Å². The lowest BCUT2D eigenvalue weighted by Gasteiger charge is -2.29. The first kappa shape index (κ1) is 31.3. The fourth-order valence-electron chi connectivity index (χ4n) is 4.73. The van der Waals surface area contributed by atoms with Crippen LogP contribution in [0.2, 0.25) is 0 Å². The molecule has 1 saturated heterocycles. The van der Waals surface area contributed by atoms with Crippen molar-refractivity contribution in [2.45, 2.75) is 24.9 Å². The van der Waals surface area contributed by atoms with Gasteiger partial charge in [0.25, 0.3) is 5.91 Å². The summed E-state index contributed by atoms with van der Waals surface area (Å²) in [5.74, 6) is 0.630. The number of carbonyl (C=O) groups excluding carboxylic acids is 2. The van der Waals surface area contributed by atoms with Crippen molar-refractivity contribution in [2.24, 2.45) is 4.99 Å².